The molecule has 0 aromatic carbocycles. The lowest BCUT2D eigenvalue weighted by Gasteiger charge is -2.14. The van der Waals surface area contributed by atoms with Crippen LogP contribution in [-0.2, 0) is 0 Å². The van der Waals surface area contributed by atoms with E-state index in [2.05, 4.69) is 34.6 Å². The minimum Gasteiger partial charge on any atom is -0.0628 e. The van der Waals surface area contributed by atoms with Gasteiger partial charge in [0.05, 0.1) is 0 Å². The minimum atomic E-state index is 0.835. The Hall–Kier alpha value is 0. The molecule has 0 heteroatoms. The van der Waals surface area contributed by atoms with E-state index in [1.807, 2.05) is 0 Å². The highest BCUT2D eigenvalue weighted by molar-refractivity contribution is 4.84. The summed E-state index contributed by atoms with van der Waals surface area (Å²) in [5.41, 5.74) is 0. The van der Waals surface area contributed by atoms with E-state index in [9.17, 15) is 0 Å². The molecule has 0 saturated carbocycles. The molecule has 1 radical (unpaired) electrons. The van der Waals surface area contributed by atoms with Crippen LogP contribution in [-0.4, -0.2) is 0 Å². The van der Waals surface area contributed by atoms with Crippen LogP contribution in [0.15, 0.2) is 0 Å². The van der Waals surface area contributed by atoms with Crippen molar-refractivity contribution >= 4 is 0 Å². The van der Waals surface area contributed by atoms with E-state index in [4.69, 9.17) is 0 Å². The van der Waals surface area contributed by atoms with Crippen molar-refractivity contribution in [1.29, 1.82) is 0 Å². The summed E-state index contributed by atoms with van der Waals surface area (Å²) in [4.78, 5) is 0. The quantitative estimate of drug-likeness (QED) is 0.561. The summed E-state index contributed by atoms with van der Waals surface area (Å²) < 4.78 is 0. The molecule has 0 nitrogen and oxygen atoms in total. The average Bonchev–Trinajstić information content (AvgIpc) is 1.82. The van der Waals surface area contributed by atoms with Gasteiger partial charge < -0.3 is 0 Å². The van der Waals surface area contributed by atoms with Crippen molar-refractivity contribution in [1.82, 2.24) is 0 Å². The fraction of sp³-hybridized carbons (Fsp3) is 0.909. The Bertz CT molecular complexity index is 82.0. The van der Waals surface area contributed by atoms with Gasteiger partial charge in [0.25, 0.3) is 0 Å². The van der Waals surface area contributed by atoms with E-state index < -0.39 is 0 Å². The van der Waals surface area contributed by atoms with Gasteiger partial charge in [-0.15, -0.1) is 0 Å². The van der Waals surface area contributed by atoms with Gasteiger partial charge in [0.15, 0.2) is 0 Å². The van der Waals surface area contributed by atoms with Crippen molar-refractivity contribution in [2.24, 2.45) is 11.8 Å². The molecule has 0 N–H and O–H groups in total. The first-order chi connectivity index (χ1) is 5.02. The lowest BCUT2D eigenvalue weighted by Crippen LogP contribution is -1.99. The molecule has 0 aromatic rings. The maximum absolute atomic E-state index is 2.29. The van der Waals surface area contributed by atoms with E-state index in [0.717, 1.165) is 11.8 Å². The summed E-state index contributed by atoms with van der Waals surface area (Å²) in [6, 6.07) is 0. The molecule has 0 heterocycles. The lowest BCUT2D eigenvalue weighted by atomic mass is 9.92. The maximum Gasteiger partial charge on any atom is -0.0269 e. The van der Waals surface area contributed by atoms with Crippen LogP contribution in [0.3, 0.4) is 0 Å². The average molecular weight is 155 g/mol. The normalized spacial score (nSPS) is 12.0. The first-order valence-electron chi connectivity index (χ1n) is 4.83. The fourth-order valence-corrected chi connectivity index (χ4v) is 1.33. The standard InChI is InChI=1S/C11H23/c1-9(2)6-7-11(5)8-10(3)4/h9-10H,6-8H2,1-5H3. The van der Waals surface area contributed by atoms with Crippen molar-refractivity contribution in [2.75, 3.05) is 0 Å². The largest absolute Gasteiger partial charge is 0.0628 e. The van der Waals surface area contributed by atoms with Crippen LogP contribution in [0.25, 0.3) is 0 Å². The van der Waals surface area contributed by atoms with Crippen molar-refractivity contribution in [2.45, 2.75) is 53.9 Å². The van der Waals surface area contributed by atoms with E-state index in [-0.39, 0.29) is 0 Å². The van der Waals surface area contributed by atoms with E-state index in [1.165, 1.54) is 19.3 Å². The van der Waals surface area contributed by atoms with Crippen LogP contribution in [0.5, 0.6) is 0 Å². The summed E-state index contributed by atoms with van der Waals surface area (Å²) in [5.74, 6) is 3.37. The van der Waals surface area contributed by atoms with Crippen LogP contribution >= 0.6 is 0 Å². The van der Waals surface area contributed by atoms with E-state index >= 15 is 0 Å². The van der Waals surface area contributed by atoms with E-state index in [0.29, 0.717) is 0 Å². The van der Waals surface area contributed by atoms with Gasteiger partial charge in [-0.1, -0.05) is 41.0 Å². The number of hydrogen-bond acceptors (Lipinski definition) is 0. The zero-order valence-corrected chi connectivity index (χ0v) is 8.78. The van der Waals surface area contributed by atoms with Crippen molar-refractivity contribution in [3.05, 3.63) is 5.92 Å². The van der Waals surface area contributed by atoms with Gasteiger partial charge in [0.2, 0.25) is 0 Å². The van der Waals surface area contributed by atoms with Gasteiger partial charge in [-0.25, -0.2) is 0 Å². The molecule has 0 rings (SSSR count). The van der Waals surface area contributed by atoms with Crippen molar-refractivity contribution in [3.8, 4) is 0 Å². The first-order valence-corrected chi connectivity index (χ1v) is 4.83. The molecule has 0 aliphatic rings. The molecule has 0 amide bonds. The SMILES string of the molecule is C[C](CCC(C)C)CC(C)C. The molecule has 11 heavy (non-hydrogen) atoms. The Morgan fingerprint density at radius 1 is 1.00 bits per heavy atom. The molecule has 0 atom stereocenters. The second kappa shape index (κ2) is 5.62. The molecule has 0 saturated heterocycles. The smallest absolute Gasteiger partial charge is 0.0269 e. The molecule has 0 aliphatic carbocycles. The number of hydrogen-bond donors (Lipinski definition) is 0. The summed E-state index contributed by atoms with van der Waals surface area (Å²) in [6.45, 7) is 11.5. The summed E-state index contributed by atoms with van der Waals surface area (Å²) in [7, 11) is 0. The topological polar surface area (TPSA) is 0 Å². The Kier molecular flexibility index (Phi) is 5.62. The number of rotatable bonds is 5. The molecular weight excluding hydrogens is 132 g/mol. The fourth-order valence-electron chi connectivity index (χ4n) is 1.33. The van der Waals surface area contributed by atoms with E-state index in [1.54, 1.807) is 5.92 Å². The van der Waals surface area contributed by atoms with Crippen LogP contribution in [0, 0.1) is 17.8 Å². The van der Waals surface area contributed by atoms with Crippen LogP contribution in [0.1, 0.15) is 53.9 Å². The van der Waals surface area contributed by atoms with Crippen LogP contribution < -0.4 is 0 Å². The van der Waals surface area contributed by atoms with Gasteiger partial charge >= 0.3 is 0 Å². The third kappa shape index (κ3) is 7.90. The lowest BCUT2D eigenvalue weighted by molar-refractivity contribution is 0.511. The Morgan fingerprint density at radius 3 is 1.91 bits per heavy atom. The van der Waals surface area contributed by atoms with Gasteiger partial charge in [-0.2, -0.15) is 0 Å². The molecule has 0 spiro atoms. The van der Waals surface area contributed by atoms with Crippen molar-refractivity contribution < 1.29 is 0 Å². The summed E-state index contributed by atoms with van der Waals surface area (Å²) in [6.07, 6.45) is 4.00. The van der Waals surface area contributed by atoms with Gasteiger partial charge in [-0.05, 0) is 30.6 Å². The zero-order chi connectivity index (χ0) is 8.85. The Balaban J connectivity index is 3.29. The molecule has 0 aliphatic heterocycles. The van der Waals surface area contributed by atoms with Crippen molar-refractivity contribution in [3.63, 3.8) is 0 Å². The zero-order valence-electron chi connectivity index (χ0n) is 8.78. The summed E-state index contributed by atoms with van der Waals surface area (Å²) in [5, 5.41) is 0. The first kappa shape index (κ1) is 11.0. The predicted octanol–water partition coefficient (Wildman–Crippen LogP) is 4.06. The van der Waals surface area contributed by atoms with Gasteiger partial charge in [0, 0.05) is 0 Å². The highest BCUT2D eigenvalue weighted by Crippen LogP contribution is 2.20. The molecular formula is C11H23. The highest BCUT2D eigenvalue weighted by Gasteiger charge is 2.05. The minimum absolute atomic E-state index is 0.835. The van der Waals surface area contributed by atoms with Crippen LogP contribution in [0.2, 0.25) is 0 Å². The second-order valence-electron chi connectivity index (χ2n) is 4.49. The van der Waals surface area contributed by atoms with Gasteiger partial charge in [0.1, 0.15) is 0 Å². The predicted molar refractivity (Wildman–Crippen MR) is 52.4 cm³/mol. The monoisotopic (exact) mass is 155 g/mol. The molecule has 0 fully saturated rings. The maximum atomic E-state index is 2.29. The third-order valence-electron chi connectivity index (χ3n) is 1.91. The Morgan fingerprint density at radius 2 is 1.55 bits per heavy atom. The third-order valence-corrected chi connectivity index (χ3v) is 1.91. The molecule has 0 bridgehead atoms. The molecule has 67 valence electrons. The Labute approximate surface area is 72.4 Å². The highest BCUT2D eigenvalue weighted by atomic mass is 14.1. The second-order valence-corrected chi connectivity index (χ2v) is 4.49. The summed E-state index contributed by atoms with van der Waals surface area (Å²) >= 11 is 0. The van der Waals surface area contributed by atoms with Gasteiger partial charge in [-0.3, -0.25) is 0 Å². The molecule has 0 unspecified atom stereocenters. The molecule has 0 aromatic heterocycles. The van der Waals surface area contributed by atoms with Crippen LogP contribution in [0.4, 0.5) is 0 Å².